The van der Waals surface area contributed by atoms with Crippen molar-refractivity contribution < 1.29 is 0 Å². The highest BCUT2D eigenvalue weighted by Crippen LogP contribution is 2.38. The summed E-state index contributed by atoms with van der Waals surface area (Å²) in [6.45, 7) is 2.25. The van der Waals surface area contributed by atoms with Gasteiger partial charge >= 0.3 is 0 Å². The van der Waals surface area contributed by atoms with Gasteiger partial charge in [-0.3, -0.25) is 0 Å². The zero-order valence-electron chi connectivity index (χ0n) is 11.6. The van der Waals surface area contributed by atoms with Crippen molar-refractivity contribution in [3.63, 3.8) is 0 Å². The molecule has 1 aromatic heterocycles. The third-order valence-electron chi connectivity index (χ3n) is 3.41. The average Bonchev–Trinajstić information content (AvgIpc) is 2.92. The quantitative estimate of drug-likeness (QED) is 0.385. The van der Waals surface area contributed by atoms with Gasteiger partial charge in [-0.2, -0.15) is 0 Å². The van der Waals surface area contributed by atoms with Crippen LogP contribution >= 0.6 is 23.1 Å². The minimum absolute atomic E-state index is 1.20. The lowest BCUT2D eigenvalue weighted by Crippen LogP contribution is -1.83. The van der Waals surface area contributed by atoms with E-state index in [4.69, 9.17) is 0 Å². The maximum atomic E-state index is 2.30. The predicted octanol–water partition coefficient (Wildman–Crippen LogP) is 6.46. The number of thiophene rings is 1. The van der Waals surface area contributed by atoms with Crippen molar-refractivity contribution in [3.05, 3.63) is 53.9 Å². The molecule has 0 nitrogen and oxygen atoms in total. The van der Waals surface area contributed by atoms with Crippen LogP contribution in [0.15, 0.2) is 58.8 Å². The average molecular weight is 298 g/mol. The van der Waals surface area contributed by atoms with Crippen LogP contribution in [0.3, 0.4) is 0 Å². The molecular weight excluding hydrogens is 280 g/mol. The van der Waals surface area contributed by atoms with E-state index < -0.39 is 0 Å². The minimum atomic E-state index is 1.20. The topological polar surface area (TPSA) is 0 Å². The van der Waals surface area contributed by atoms with Crippen LogP contribution in [0.5, 0.6) is 0 Å². The fourth-order valence-electron chi connectivity index (χ4n) is 2.33. The third kappa shape index (κ3) is 2.77. The van der Waals surface area contributed by atoms with Gasteiger partial charge in [-0.25, -0.2) is 0 Å². The highest BCUT2D eigenvalue weighted by atomic mass is 32.2. The molecule has 0 aliphatic carbocycles. The number of rotatable bonds is 5. The normalized spacial score (nSPS) is 11.1. The molecule has 0 saturated heterocycles. The molecule has 3 aromatic rings. The number of unbranched alkanes of at least 4 members (excludes halogenated alkanes) is 1. The summed E-state index contributed by atoms with van der Waals surface area (Å²) in [5, 5.41) is 3.67. The molecule has 0 spiro atoms. The van der Waals surface area contributed by atoms with Crippen LogP contribution in [0, 0.1) is 0 Å². The summed E-state index contributed by atoms with van der Waals surface area (Å²) in [5.74, 6) is 1.20. The first-order valence-electron chi connectivity index (χ1n) is 7.08. The minimum Gasteiger partial charge on any atom is -0.143 e. The molecule has 20 heavy (non-hydrogen) atoms. The van der Waals surface area contributed by atoms with Crippen LogP contribution in [0.25, 0.3) is 21.2 Å². The largest absolute Gasteiger partial charge is 0.143 e. The van der Waals surface area contributed by atoms with E-state index in [0.29, 0.717) is 0 Å². The van der Waals surface area contributed by atoms with Gasteiger partial charge in [0.05, 0.1) is 0 Å². The van der Waals surface area contributed by atoms with E-state index in [1.165, 1.54) is 44.7 Å². The van der Waals surface area contributed by atoms with Gasteiger partial charge in [-0.05, 0) is 35.2 Å². The standard InChI is InChI=1S/C18H18S2/c1-2-3-12-19-17-10-6-4-8-14(17)16-13-20-18-11-7-5-9-15(16)18/h4-11,13H,2-3,12H2,1H3. The van der Waals surface area contributed by atoms with E-state index in [-0.39, 0.29) is 0 Å². The van der Waals surface area contributed by atoms with Gasteiger partial charge in [0.2, 0.25) is 0 Å². The molecule has 0 unspecified atom stereocenters. The fourth-order valence-corrected chi connectivity index (χ4v) is 4.45. The number of hydrogen-bond acceptors (Lipinski definition) is 2. The molecule has 0 atom stereocenters. The summed E-state index contributed by atoms with van der Waals surface area (Å²) in [6.07, 6.45) is 2.54. The van der Waals surface area contributed by atoms with Crippen LogP contribution < -0.4 is 0 Å². The van der Waals surface area contributed by atoms with Gasteiger partial charge in [0.1, 0.15) is 0 Å². The molecule has 2 heteroatoms. The van der Waals surface area contributed by atoms with Gasteiger partial charge < -0.3 is 0 Å². The summed E-state index contributed by atoms with van der Waals surface area (Å²) in [7, 11) is 0. The second-order valence-corrected chi connectivity index (χ2v) is 6.89. The molecule has 0 fully saturated rings. The van der Waals surface area contributed by atoms with E-state index in [9.17, 15) is 0 Å². The Morgan fingerprint density at radius 1 is 0.950 bits per heavy atom. The fraction of sp³-hybridized carbons (Fsp3) is 0.222. The Morgan fingerprint density at radius 2 is 1.75 bits per heavy atom. The Kier molecular flexibility index (Phi) is 4.44. The SMILES string of the molecule is CCCCSc1ccccc1-c1csc2ccccc12. The Labute approximate surface area is 128 Å². The summed E-state index contributed by atoms with van der Waals surface area (Å²) in [4.78, 5) is 1.41. The molecule has 0 radical (unpaired) electrons. The zero-order chi connectivity index (χ0) is 13.8. The van der Waals surface area contributed by atoms with Crippen molar-refractivity contribution in [1.29, 1.82) is 0 Å². The maximum absolute atomic E-state index is 2.30. The van der Waals surface area contributed by atoms with Crippen molar-refractivity contribution in [2.75, 3.05) is 5.75 Å². The smallest absolute Gasteiger partial charge is 0.0349 e. The second kappa shape index (κ2) is 6.47. The molecule has 0 aliphatic rings. The molecular formula is C18H18S2. The van der Waals surface area contributed by atoms with E-state index >= 15 is 0 Å². The summed E-state index contributed by atoms with van der Waals surface area (Å²) in [5.41, 5.74) is 2.76. The third-order valence-corrected chi connectivity index (χ3v) is 5.54. The lowest BCUT2D eigenvalue weighted by atomic mass is 10.1. The predicted molar refractivity (Wildman–Crippen MR) is 92.9 cm³/mol. The first kappa shape index (κ1) is 13.7. The van der Waals surface area contributed by atoms with Gasteiger partial charge in [0, 0.05) is 20.5 Å². The van der Waals surface area contributed by atoms with Gasteiger partial charge in [-0.1, -0.05) is 49.7 Å². The molecule has 3 rings (SSSR count). The maximum Gasteiger partial charge on any atom is 0.0349 e. The number of thioether (sulfide) groups is 1. The van der Waals surface area contributed by atoms with Crippen LogP contribution in [0.4, 0.5) is 0 Å². The first-order chi connectivity index (χ1) is 9.90. The first-order valence-corrected chi connectivity index (χ1v) is 8.95. The van der Waals surface area contributed by atoms with Crippen LogP contribution in [0.1, 0.15) is 19.8 Å². The summed E-state index contributed by atoms with van der Waals surface area (Å²) < 4.78 is 1.37. The highest BCUT2D eigenvalue weighted by molar-refractivity contribution is 7.99. The van der Waals surface area contributed by atoms with Crippen LogP contribution in [-0.2, 0) is 0 Å². The molecule has 102 valence electrons. The Hall–Kier alpha value is -1.25. The van der Waals surface area contributed by atoms with E-state index in [2.05, 4.69) is 60.8 Å². The lowest BCUT2D eigenvalue weighted by molar-refractivity contribution is 0.896. The van der Waals surface area contributed by atoms with E-state index in [1.807, 2.05) is 23.1 Å². The van der Waals surface area contributed by atoms with Crippen molar-refractivity contribution >= 4 is 33.2 Å². The van der Waals surface area contributed by atoms with Crippen LogP contribution in [-0.4, -0.2) is 5.75 Å². The highest BCUT2D eigenvalue weighted by Gasteiger charge is 2.09. The van der Waals surface area contributed by atoms with Gasteiger partial charge in [0.15, 0.2) is 0 Å². The lowest BCUT2D eigenvalue weighted by Gasteiger charge is -2.08. The summed E-state index contributed by atoms with van der Waals surface area (Å²) in [6, 6.07) is 17.5. The number of benzene rings is 2. The van der Waals surface area contributed by atoms with Crippen molar-refractivity contribution in [2.45, 2.75) is 24.7 Å². The molecule has 0 N–H and O–H groups in total. The van der Waals surface area contributed by atoms with E-state index in [0.717, 1.165) is 0 Å². The number of fused-ring (bicyclic) bond motifs is 1. The summed E-state index contributed by atoms with van der Waals surface area (Å²) >= 11 is 3.82. The molecule has 0 bridgehead atoms. The monoisotopic (exact) mass is 298 g/mol. The van der Waals surface area contributed by atoms with E-state index in [1.54, 1.807) is 0 Å². The Morgan fingerprint density at radius 3 is 2.65 bits per heavy atom. The number of hydrogen-bond donors (Lipinski definition) is 0. The Balaban J connectivity index is 2.01. The van der Waals surface area contributed by atoms with Gasteiger partial charge in [0.25, 0.3) is 0 Å². The van der Waals surface area contributed by atoms with Gasteiger partial charge in [-0.15, -0.1) is 23.1 Å². The second-order valence-electron chi connectivity index (χ2n) is 4.84. The molecule has 2 aromatic carbocycles. The molecule has 1 heterocycles. The van der Waals surface area contributed by atoms with Crippen LogP contribution in [0.2, 0.25) is 0 Å². The molecule has 0 aliphatic heterocycles. The molecule has 0 amide bonds. The zero-order valence-corrected chi connectivity index (χ0v) is 13.3. The van der Waals surface area contributed by atoms with Crippen molar-refractivity contribution in [2.24, 2.45) is 0 Å². The Bertz CT molecular complexity index is 697. The van der Waals surface area contributed by atoms with Crippen molar-refractivity contribution in [1.82, 2.24) is 0 Å². The van der Waals surface area contributed by atoms with Crippen molar-refractivity contribution in [3.8, 4) is 11.1 Å². The molecule has 0 saturated carbocycles.